The van der Waals surface area contributed by atoms with Crippen LogP contribution < -0.4 is 5.73 Å². The van der Waals surface area contributed by atoms with Crippen LogP contribution in [0.5, 0.6) is 0 Å². The van der Waals surface area contributed by atoms with Crippen LogP contribution in [0.1, 0.15) is 20.8 Å². The Morgan fingerprint density at radius 3 is 2.25 bits per heavy atom. The van der Waals surface area contributed by atoms with E-state index in [1.807, 2.05) is 13.8 Å². The minimum atomic E-state index is -3.03. The summed E-state index contributed by atoms with van der Waals surface area (Å²) in [4.78, 5) is 13.1. The third-order valence-electron chi connectivity index (χ3n) is 2.56. The Labute approximate surface area is 97.9 Å². The SMILES string of the molecule is CCS(=O)(=O)CCN(C)C(=O)[C@@H](N)C(C)C. The molecule has 0 fully saturated rings. The molecule has 6 heteroatoms. The second-order valence-corrected chi connectivity index (χ2v) is 6.74. The summed E-state index contributed by atoms with van der Waals surface area (Å²) in [5, 5.41) is 0. The molecule has 0 aromatic rings. The lowest BCUT2D eigenvalue weighted by molar-refractivity contribution is -0.131. The van der Waals surface area contributed by atoms with Crippen molar-refractivity contribution in [2.24, 2.45) is 11.7 Å². The fourth-order valence-corrected chi connectivity index (χ4v) is 1.91. The number of carbonyl (C=O) groups is 1. The first-order valence-electron chi connectivity index (χ1n) is 5.42. The van der Waals surface area contributed by atoms with E-state index in [1.165, 1.54) is 4.90 Å². The average Bonchev–Trinajstić information content (AvgIpc) is 2.23. The third kappa shape index (κ3) is 4.94. The molecular formula is C10H22N2O3S. The fourth-order valence-electron chi connectivity index (χ4n) is 1.07. The van der Waals surface area contributed by atoms with Crippen LogP contribution in [0.3, 0.4) is 0 Å². The number of hydrogen-bond acceptors (Lipinski definition) is 4. The molecule has 0 aliphatic heterocycles. The van der Waals surface area contributed by atoms with Crippen molar-refractivity contribution in [1.29, 1.82) is 0 Å². The minimum absolute atomic E-state index is 0.00342. The van der Waals surface area contributed by atoms with Gasteiger partial charge in [-0.25, -0.2) is 8.42 Å². The van der Waals surface area contributed by atoms with Gasteiger partial charge in [-0.05, 0) is 5.92 Å². The molecule has 5 nitrogen and oxygen atoms in total. The lowest BCUT2D eigenvalue weighted by Gasteiger charge is -2.23. The standard InChI is InChI=1S/C10H22N2O3S/c1-5-16(14,15)7-6-12(4)10(13)9(11)8(2)3/h8-9H,5-7,11H2,1-4H3/t9-/m0/s1. The second-order valence-electron chi connectivity index (χ2n) is 4.27. The summed E-state index contributed by atoms with van der Waals surface area (Å²) in [6, 6.07) is -0.561. The van der Waals surface area contributed by atoms with Gasteiger partial charge in [0.1, 0.15) is 0 Å². The molecule has 0 aliphatic carbocycles. The molecule has 0 spiro atoms. The molecule has 0 saturated heterocycles. The number of carbonyl (C=O) groups excluding carboxylic acids is 1. The quantitative estimate of drug-likeness (QED) is 0.711. The zero-order valence-electron chi connectivity index (χ0n) is 10.4. The average molecular weight is 250 g/mol. The Balaban J connectivity index is 4.28. The first-order valence-corrected chi connectivity index (χ1v) is 7.24. The number of sulfone groups is 1. The van der Waals surface area contributed by atoms with Gasteiger partial charge in [-0.2, -0.15) is 0 Å². The van der Waals surface area contributed by atoms with E-state index in [1.54, 1.807) is 14.0 Å². The second kappa shape index (κ2) is 6.20. The summed E-state index contributed by atoms with van der Waals surface area (Å²) in [6.07, 6.45) is 0. The first-order chi connectivity index (χ1) is 7.21. The van der Waals surface area contributed by atoms with Gasteiger partial charge >= 0.3 is 0 Å². The Morgan fingerprint density at radius 2 is 1.88 bits per heavy atom. The van der Waals surface area contributed by atoms with E-state index in [-0.39, 0.29) is 29.9 Å². The zero-order chi connectivity index (χ0) is 12.9. The number of likely N-dealkylation sites (N-methyl/N-ethyl adjacent to an activating group) is 1. The van der Waals surface area contributed by atoms with Crippen molar-refractivity contribution >= 4 is 15.7 Å². The molecule has 0 radical (unpaired) electrons. The van der Waals surface area contributed by atoms with Crippen LogP contribution in [-0.2, 0) is 14.6 Å². The lowest BCUT2D eigenvalue weighted by Crippen LogP contribution is -2.46. The van der Waals surface area contributed by atoms with Crippen LogP contribution >= 0.6 is 0 Å². The van der Waals surface area contributed by atoms with Crippen LogP contribution in [0.25, 0.3) is 0 Å². The maximum absolute atomic E-state index is 11.7. The van der Waals surface area contributed by atoms with Gasteiger partial charge in [0.25, 0.3) is 0 Å². The van der Waals surface area contributed by atoms with E-state index in [4.69, 9.17) is 5.73 Å². The van der Waals surface area contributed by atoms with Crippen molar-refractivity contribution in [3.8, 4) is 0 Å². The maximum Gasteiger partial charge on any atom is 0.239 e. The summed E-state index contributed by atoms with van der Waals surface area (Å²) in [7, 11) is -1.45. The molecule has 1 amide bonds. The highest BCUT2D eigenvalue weighted by Crippen LogP contribution is 2.02. The van der Waals surface area contributed by atoms with Gasteiger partial charge in [0, 0.05) is 19.3 Å². The third-order valence-corrected chi connectivity index (χ3v) is 4.24. The molecule has 0 aromatic heterocycles. The molecular weight excluding hydrogens is 228 g/mol. The molecule has 0 aliphatic rings. The summed E-state index contributed by atoms with van der Waals surface area (Å²) in [5.74, 6) is -0.0546. The Bertz CT molecular complexity index is 325. The predicted octanol–water partition coefficient (Wildman–Crippen LogP) is -0.137. The van der Waals surface area contributed by atoms with Gasteiger partial charge in [0.2, 0.25) is 5.91 Å². The van der Waals surface area contributed by atoms with Crippen molar-refractivity contribution in [2.45, 2.75) is 26.8 Å². The van der Waals surface area contributed by atoms with Gasteiger partial charge in [-0.3, -0.25) is 4.79 Å². The monoisotopic (exact) mass is 250 g/mol. The summed E-state index contributed by atoms with van der Waals surface area (Å²) in [5.41, 5.74) is 5.69. The minimum Gasteiger partial charge on any atom is -0.343 e. The normalized spacial score (nSPS) is 13.9. The smallest absolute Gasteiger partial charge is 0.239 e. The lowest BCUT2D eigenvalue weighted by atomic mass is 10.0. The van der Waals surface area contributed by atoms with Crippen molar-refractivity contribution in [3.05, 3.63) is 0 Å². The molecule has 0 unspecified atom stereocenters. The number of rotatable bonds is 6. The summed E-state index contributed by atoms with van der Waals surface area (Å²) in [6.45, 7) is 5.52. The van der Waals surface area contributed by atoms with E-state index in [0.717, 1.165) is 0 Å². The molecule has 0 heterocycles. The molecule has 1 atom stereocenters. The van der Waals surface area contributed by atoms with Gasteiger partial charge < -0.3 is 10.6 Å². The van der Waals surface area contributed by atoms with Gasteiger partial charge in [-0.15, -0.1) is 0 Å². The van der Waals surface area contributed by atoms with Crippen LogP contribution in [0, 0.1) is 5.92 Å². The van der Waals surface area contributed by atoms with Gasteiger partial charge in [0.15, 0.2) is 9.84 Å². The van der Waals surface area contributed by atoms with Crippen LogP contribution in [-0.4, -0.2) is 50.4 Å². The van der Waals surface area contributed by atoms with Crippen LogP contribution in [0.2, 0.25) is 0 Å². The number of nitrogens with zero attached hydrogens (tertiary/aromatic N) is 1. The molecule has 0 aromatic carbocycles. The van der Waals surface area contributed by atoms with E-state index in [0.29, 0.717) is 0 Å². The fraction of sp³-hybridized carbons (Fsp3) is 0.900. The Hall–Kier alpha value is -0.620. The summed E-state index contributed by atoms with van der Waals surface area (Å²) < 4.78 is 22.5. The molecule has 0 bridgehead atoms. The highest BCUT2D eigenvalue weighted by atomic mass is 32.2. The van der Waals surface area contributed by atoms with Crippen molar-refractivity contribution in [3.63, 3.8) is 0 Å². The van der Waals surface area contributed by atoms with Gasteiger partial charge in [-0.1, -0.05) is 20.8 Å². The molecule has 2 N–H and O–H groups in total. The predicted molar refractivity (Wildman–Crippen MR) is 64.8 cm³/mol. The largest absolute Gasteiger partial charge is 0.343 e. The highest BCUT2D eigenvalue weighted by Gasteiger charge is 2.21. The zero-order valence-corrected chi connectivity index (χ0v) is 11.3. The van der Waals surface area contributed by atoms with Crippen LogP contribution in [0.4, 0.5) is 0 Å². The topological polar surface area (TPSA) is 80.5 Å². The van der Waals surface area contributed by atoms with Crippen LogP contribution in [0.15, 0.2) is 0 Å². The van der Waals surface area contributed by atoms with E-state index in [9.17, 15) is 13.2 Å². The van der Waals surface area contributed by atoms with E-state index >= 15 is 0 Å². The molecule has 16 heavy (non-hydrogen) atoms. The van der Waals surface area contributed by atoms with Crippen molar-refractivity contribution in [2.75, 3.05) is 25.1 Å². The van der Waals surface area contributed by atoms with Gasteiger partial charge in [0.05, 0.1) is 11.8 Å². The van der Waals surface area contributed by atoms with Crippen molar-refractivity contribution in [1.82, 2.24) is 4.90 Å². The first kappa shape index (κ1) is 15.4. The highest BCUT2D eigenvalue weighted by molar-refractivity contribution is 7.91. The Kier molecular flexibility index (Phi) is 5.96. The number of amides is 1. The summed E-state index contributed by atoms with van der Waals surface area (Å²) >= 11 is 0. The molecule has 0 saturated carbocycles. The van der Waals surface area contributed by atoms with E-state index < -0.39 is 15.9 Å². The molecule has 0 rings (SSSR count). The number of nitrogens with two attached hydrogens (primary N) is 1. The molecule has 96 valence electrons. The maximum atomic E-state index is 11.7. The van der Waals surface area contributed by atoms with E-state index in [2.05, 4.69) is 0 Å². The Morgan fingerprint density at radius 1 is 1.38 bits per heavy atom. The van der Waals surface area contributed by atoms with Crippen molar-refractivity contribution < 1.29 is 13.2 Å². The number of hydrogen-bond donors (Lipinski definition) is 1.